The van der Waals surface area contributed by atoms with Crippen LogP contribution in [0.4, 0.5) is 0 Å². The van der Waals surface area contributed by atoms with Crippen LogP contribution in [0.3, 0.4) is 0 Å². The molecule has 0 saturated carbocycles. The first kappa shape index (κ1) is 15.9. The van der Waals surface area contributed by atoms with E-state index in [1.807, 2.05) is 13.8 Å². The van der Waals surface area contributed by atoms with Gasteiger partial charge in [0.05, 0.1) is 18.5 Å². The molecule has 0 aromatic heterocycles. The molecule has 0 radical (unpaired) electrons. The summed E-state index contributed by atoms with van der Waals surface area (Å²) in [6.07, 6.45) is 2.32. The van der Waals surface area contributed by atoms with E-state index < -0.39 is 10.0 Å². The molecule has 0 aromatic carbocycles. The predicted molar refractivity (Wildman–Crippen MR) is 73.1 cm³/mol. The minimum atomic E-state index is -3.17. The van der Waals surface area contributed by atoms with Gasteiger partial charge in [0.1, 0.15) is 0 Å². The number of ether oxygens (including phenoxy) is 1. The summed E-state index contributed by atoms with van der Waals surface area (Å²) in [5, 5.41) is 3.30. The highest BCUT2D eigenvalue weighted by Gasteiger charge is 2.22. The molecule has 108 valence electrons. The lowest BCUT2D eigenvalue weighted by Crippen LogP contribution is -2.40. The standard InChI is InChI=1S/C12H26N2O3S/c1-11(2)17-7-8-18(15,16)14(3)10-12-5-4-6-13-9-12/h11-13H,4-10H2,1-3H3. The lowest BCUT2D eigenvalue weighted by molar-refractivity contribution is 0.0907. The van der Waals surface area contributed by atoms with Crippen LogP contribution in [0.15, 0.2) is 0 Å². The van der Waals surface area contributed by atoms with Gasteiger partial charge in [0.2, 0.25) is 10.0 Å². The molecule has 1 atom stereocenters. The highest BCUT2D eigenvalue weighted by atomic mass is 32.2. The van der Waals surface area contributed by atoms with Crippen molar-refractivity contribution >= 4 is 10.0 Å². The maximum absolute atomic E-state index is 12.0. The molecule has 6 heteroatoms. The molecule has 1 saturated heterocycles. The zero-order valence-corrected chi connectivity index (χ0v) is 12.5. The van der Waals surface area contributed by atoms with E-state index in [9.17, 15) is 8.42 Å². The summed E-state index contributed by atoms with van der Waals surface area (Å²) in [4.78, 5) is 0. The van der Waals surface area contributed by atoms with Gasteiger partial charge in [0.25, 0.3) is 0 Å². The molecule has 0 aromatic rings. The highest BCUT2D eigenvalue weighted by Crippen LogP contribution is 2.13. The average Bonchev–Trinajstić information content (AvgIpc) is 2.29. The molecule has 18 heavy (non-hydrogen) atoms. The summed E-state index contributed by atoms with van der Waals surface area (Å²) in [6.45, 7) is 6.66. The van der Waals surface area contributed by atoms with E-state index in [-0.39, 0.29) is 18.5 Å². The molecular formula is C12H26N2O3S. The second-order valence-electron chi connectivity index (χ2n) is 5.23. The van der Waals surface area contributed by atoms with Gasteiger partial charge in [0.15, 0.2) is 0 Å². The number of piperidine rings is 1. The fraction of sp³-hybridized carbons (Fsp3) is 1.00. The average molecular weight is 278 g/mol. The number of sulfonamides is 1. The van der Waals surface area contributed by atoms with Crippen molar-refractivity contribution in [2.45, 2.75) is 32.8 Å². The van der Waals surface area contributed by atoms with E-state index in [2.05, 4.69) is 5.32 Å². The molecule has 1 rings (SSSR count). The van der Waals surface area contributed by atoms with Gasteiger partial charge in [-0.1, -0.05) is 0 Å². The Morgan fingerprint density at radius 3 is 2.72 bits per heavy atom. The summed E-state index contributed by atoms with van der Waals surface area (Å²) in [5.74, 6) is 0.506. The zero-order chi connectivity index (χ0) is 13.6. The lowest BCUT2D eigenvalue weighted by Gasteiger charge is -2.27. The minimum absolute atomic E-state index is 0.0713. The van der Waals surface area contributed by atoms with Gasteiger partial charge < -0.3 is 10.1 Å². The van der Waals surface area contributed by atoms with Gasteiger partial charge in [-0.25, -0.2) is 12.7 Å². The number of hydrogen-bond donors (Lipinski definition) is 1. The van der Waals surface area contributed by atoms with Gasteiger partial charge in [-0.05, 0) is 45.7 Å². The van der Waals surface area contributed by atoms with Crippen LogP contribution in [-0.4, -0.2) is 57.9 Å². The lowest BCUT2D eigenvalue weighted by atomic mass is 10.00. The van der Waals surface area contributed by atoms with Crippen LogP contribution in [0, 0.1) is 5.92 Å². The van der Waals surface area contributed by atoms with E-state index in [1.54, 1.807) is 7.05 Å². The molecule has 1 unspecified atom stereocenters. The summed E-state index contributed by atoms with van der Waals surface area (Å²) in [5.41, 5.74) is 0. The smallest absolute Gasteiger partial charge is 0.216 e. The van der Waals surface area contributed by atoms with Crippen molar-refractivity contribution < 1.29 is 13.2 Å². The molecular weight excluding hydrogens is 252 g/mol. The topological polar surface area (TPSA) is 58.6 Å². The summed E-state index contributed by atoms with van der Waals surface area (Å²) >= 11 is 0. The normalized spacial score (nSPS) is 21.7. The number of nitrogens with one attached hydrogen (secondary N) is 1. The maximum Gasteiger partial charge on any atom is 0.216 e. The van der Waals surface area contributed by atoms with Crippen LogP contribution in [0.2, 0.25) is 0 Å². The molecule has 1 heterocycles. The largest absolute Gasteiger partial charge is 0.378 e. The molecule has 0 bridgehead atoms. The van der Waals surface area contributed by atoms with Crippen LogP contribution in [0.5, 0.6) is 0 Å². The Bertz CT molecular complexity index is 324. The van der Waals surface area contributed by atoms with Crippen molar-refractivity contribution in [3.63, 3.8) is 0 Å². The molecule has 5 nitrogen and oxygen atoms in total. The van der Waals surface area contributed by atoms with Crippen LogP contribution < -0.4 is 5.32 Å². The zero-order valence-electron chi connectivity index (χ0n) is 11.7. The second kappa shape index (κ2) is 7.43. The van der Waals surface area contributed by atoms with Gasteiger partial charge in [0, 0.05) is 13.6 Å². The molecule has 0 spiro atoms. The van der Waals surface area contributed by atoms with E-state index in [4.69, 9.17) is 4.74 Å². The summed E-state index contributed by atoms with van der Waals surface area (Å²) in [6, 6.07) is 0. The Hall–Kier alpha value is -0.170. The highest BCUT2D eigenvalue weighted by molar-refractivity contribution is 7.89. The fourth-order valence-corrected chi connectivity index (χ4v) is 3.16. The Morgan fingerprint density at radius 2 is 2.17 bits per heavy atom. The first-order valence-corrected chi connectivity index (χ1v) is 8.29. The number of nitrogens with zero attached hydrogens (tertiary/aromatic N) is 1. The first-order valence-electron chi connectivity index (χ1n) is 6.68. The maximum atomic E-state index is 12.0. The summed E-state index contributed by atoms with van der Waals surface area (Å²) < 4.78 is 30.8. The Labute approximate surface area is 111 Å². The number of hydrogen-bond acceptors (Lipinski definition) is 4. The summed E-state index contributed by atoms with van der Waals surface area (Å²) in [7, 11) is -1.51. The van der Waals surface area contributed by atoms with Gasteiger partial charge in [-0.2, -0.15) is 0 Å². The second-order valence-corrected chi connectivity index (χ2v) is 7.42. The molecule has 1 aliphatic heterocycles. The molecule has 1 aliphatic rings. The molecule has 1 fully saturated rings. The number of rotatable bonds is 7. The van der Waals surface area contributed by atoms with E-state index in [0.29, 0.717) is 12.5 Å². The Balaban J connectivity index is 2.35. The minimum Gasteiger partial charge on any atom is -0.378 e. The van der Waals surface area contributed by atoms with Gasteiger partial charge in [-0.3, -0.25) is 0 Å². The van der Waals surface area contributed by atoms with Crippen molar-refractivity contribution in [1.82, 2.24) is 9.62 Å². The quantitative estimate of drug-likeness (QED) is 0.744. The van der Waals surface area contributed by atoms with Crippen molar-refractivity contribution in [1.29, 1.82) is 0 Å². The van der Waals surface area contributed by atoms with Gasteiger partial charge in [-0.15, -0.1) is 0 Å². The van der Waals surface area contributed by atoms with Crippen LogP contribution in [-0.2, 0) is 14.8 Å². The third-order valence-corrected chi connectivity index (χ3v) is 4.96. The van der Waals surface area contributed by atoms with Crippen molar-refractivity contribution in [3.05, 3.63) is 0 Å². The fourth-order valence-electron chi connectivity index (χ4n) is 2.10. The Kier molecular flexibility index (Phi) is 6.55. The third-order valence-electron chi connectivity index (χ3n) is 3.18. The van der Waals surface area contributed by atoms with Crippen molar-refractivity contribution in [2.75, 3.05) is 39.0 Å². The molecule has 1 N–H and O–H groups in total. The van der Waals surface area contributed by atoms with E-state index in [0.717, 1.165) is 25.9 Å². The monoisotopic (exact) mass is 278 g/mol. The Morgan fingerprint density at radius 1 is 1.44 bits per heavy atom. The third kappa shape index (κ3) is 5.65. The first-order chi connectivity index (χ1) is 8.42. The predicted octanol–water partition coefficient (Wildman–Crippen LogP) is 0.673. The van der Waals surface area contributed by atoms with Crippen LogP contribution in [0.25, 0.3) is 0 Å². The SMILES string of the molecule is CC(C)OCCS(=O)(=O)N(C)CC1CCCNC1. The molecule has 0 amide bonds. The molecule has 0 aliphatic carbocycles. The van der Waals surface area contributed by atoms with Gasteiger partial charge >= 0.3 is 0 Å². The van der Waals surface area contributed by atoms with Crippen molar-refractivity contribution in [2.24, 2.45) is 5.92 Å². The van der Waals surface area contributed by atoms with Crippen molar-refractivity contribution in [3.8, 4) is 0 Å². The van der Waals surface area contributed by atoms with E-state index in [1.165, 1.54) is 4.31 Å². The van der Waals surface area contributed by atoms with Crippen LogP contribution >= 0.6 is 0 Å². The van der Waals surface area contributed by atoms with E-state index >= 15 is 0 Å². The van der Waals surface area contributed by atoms with Crippen LogP contribution in [0.1, 0.15) is 26.7 Å².